The Bertz CT molecular complexity index is 472. The smallest absolute Gasteiger partial charge is 0.131 e. The van der Waals surface area contributed by atoms with Gasteiger partial charge in [-0.25, -0.2) is 5.01 Å². The van der Waals surface area contributed by atoms with Crippen molar-refractivity contribution in [2.45, 2.75) is 19.1 Å². The Morgan fingerprint density at radius 3 is 2.74 bits per heavy atom. The molecular formula is C13H19N5O. The molecule has 2 aliphatic rings. The average Bonchev–Trinajstić information content (AvgIpc) is 2.82. The molecule has 2 atom stereocenters. The predicted octanol–water partition coefficient (Wildman–Crippen LogP) is 1.50. The normalized spacial score (nSPS) is 27.9. The zero-order valence-corrected chi connectivity index (χ0v) is 11.1. The number of hydrogen-bond acceptors (Lipinski definition) is 6. The van der Waals surface area contributed by atoms with E-state index in [-0.39, 0.29) is 12.2 Å². The topological polar surface area (TPSA) is 66.5 Å². The van der Waals surface area contributed by atoms with Crippen molar-refractivity contribution in [3.63, 3.8) is 0 Å². The molecule has 2 N–H and O–H groups in total. The Balaban J connectivity index is 1.87. The summed E-state index contributed by atoms with van der Waals surface area (Å²) in [6.45, 7) is 5.43. The highest BCUT2D eigenvalue weighted by molar-refractivity contribution is 5.67. The number of nitrogens with two attached hydrogens (primary N) is 1. The van der Waals surface area contributed by atoms with Gasteiger partial charge in [-0.05, 0) is 19.1 Å². The molecule has 102 valence electrons. The van der Waals surface area contributed by atoms with Crippen LogP contribution < -0.4 is 10.7 Å². The first-order chi connectivity index (χ1) is 9.27. The molecule has 3 rings (SSSR count). The summed E-state index contributed by atoms with van der Waals surface area (Å²) < 4.78 is 5.41. The van der Waals surface area contributed by atoms with Crippen molar-refractivity contribution >= 4 is 11.4 Å². The number of nitrogen functional groups attached to an aromatic ring is 1. The molecular weight excluding hydrogens is 242 g/mol. The largest absolute Gasteiger partial charge is 0.397 e. The molecule has 6 heteroatoms. The van der Waals surface area contributed by atoms with Crippen LogP contribution in [0.15, 0.2) is 34.6 Å². The molecule has 2 unspecified atom stereocenters. The molecule has 1 aromatic rings. The van der Waals surface area contributed by atoms with Crippen LogP contribution in [0.3, 0.4) is 0 Å². The third-order valence-electron chi connectivity index (χ3n) is 3.62. The quantitative estimate of drug-likeness (QED) is 0.819. The second-order valence-electron chi connectivity index (χ2n) is 4.91. The lowest BCUT2D eigenvalue weighted by molar-refractivity contribution is 0.0153. The molecule has 2 aliphatic heterocycles. The van der Waals surface area contributed by atoms with Crippen molar-refractivity contribution in [2.24, 2.45) is 10.3 Å². The van der Waals surface area contributed by atoms with Gasteiger partial charge in [-0.1, -0.05) is 17.4 Å². The maximum Gasteiger partial charge on any atom is 0.131 e. The van der Waals surface area contributed by atoms with Crippen molar-refractivity contribution in [1.29, 1.82) is 0 Å². The van der Waals surface area contributed by atoms with Crippen molar-refractivity contribution in [1.82, 2.24) is 4.90 Å². The minimum atomic E-state index is 0.133. The van der Waals surface area contributed by atoms with Crippen LogP contribution in [-0.2, 0) is 4.74 Å². The summed E-state index contributed by atoms with van der Waals surface area (Å²) in [5, 5.41) is 10.5. The zero-order chi connectivity index (χ0) is 13.2. The average molecular weight is 261 g/mol. The van der Waals surface area contributed by atoms with Crippen LogP contribution in [-0.4, -0.2) is 43.4 Å². The molecule has 0 radical (unpaired) electrons. The van der Waals surface area contributed by atoms with E-state index >= 15 is 0 Å². The summed E-state index contributed by atoms with van der Waals surface area (Å²) in [7, 11) is 0. The van der Waals surface area contributed by atoms with Crippen LogP contribution in [0.5, 0.6) is 0 Å². The number of morpholine rings is 1. The minimum Gasteiger partial charge on any atom is -0.397 e. The van der Waals surface area contributed by atoms with Gasteiger partial charge in [-0.2, -0.15) is 5.11 Å². The molecule has 0 bridgehead atoms. The van der Waals surface area contributed by atoms with Crippen LogP contribution in [0.4, 0.5) is 11.4 Å². The van der Waals surface area contributed by atoms with Gasteiger partial charge >= 0.3 is 0 Å². The number of rotatable bonds is 2. The van der Waals surface area contributed by atoms with E-state index < -0.39 is 0 Å². The summed E-state index contributed by atoms with van der Waals surface area (Å²) in [5.41, 5.74) is 7.70. The first kappa shape index (κ1) is 12.4. The van der Waals surface area contributed by atoms with Crippen LogP contribution >= 0.6 is 0 Å². The number of nitrogens with zero attached hydrogens (tertiary/aromatic N) is 4. The van der Waals surface area contributed by atoms with Crippen molar-refractivity contribution in [3.8, 4) is 0 Å². The zero-order valence-electron chi connectivity index (χ0n) is 11.1. The van der Waals surface area contributed by atoms with E-state index in [9.17, 15) is 0 Å². The predicted molar refractivity (Wildman–Crippen MR) is 73.8 cm³/mol. The molecule has 1 fully saturated rings. The second-order valence-corrected chi connectivity index (χ2v) is 4.91. The lowest BCUT2D eigenvalue weighted by Gasteiger charge is -2.37. The summed E-state index contributed by atoms with van der Waals surface area (Å²) in [6, 6.07) is 7.92. The monoisotopic (exact) mass is 261 g/mol. The van der Waals surface area contributed by atoms with Crippen LogP contribution in [0.1, 0.15) is 6.92 Å². The van der Waals surface area contributed by atoms with Gasteiger partial charge in [0.15, 0.2) is 0 Å². The van der Waals surface area contributed by atoms with Gasteiger partial charge in [-0.3, -0.25) is 4.90 Å². The highest BCUT2D eigenvalue weighted by atomic mass is 16.5. The molecule has 0 aromatic heterocycles. The van der Waals surface area contributed by atoms with Gasteiger partial charge < -0.3 is 10.5 Å². The number of hydrogen-bond donors (Lipinski definition) is 1. The van der Waals surface area contributed by atoms with Gasteiger partial charge in [0.2, 0.25) is 0 Å². The standard InChI is InChI=1S/C13H19N5O/c1-10-13(17-6-8-19-9-7-17)18(16-15-10)12-5-3-2-4-11(12)14/h2-5,10,13H,6-9,14H2,1H3. The fraction of sp³-hybridized carbons (Fsp3) is 0.538. The maximum atomic E-state index is 6.05. The van der Waals surface area contributed by atoms with E-state index in [0.29, 0.717) is 0 Å². The number of benzene rings is 1. The van der Waals surface area contributed by atoms with Crippen LogP contribution in [0, 0.1) is 0 Å². The Morgan fingerprint density at radius 1 is 1.26 bits per heavy atom. The summed E-state index contributed by atoms with van der Waals surface area (Å²) >= 11 is 0. The Morgan fingerprint density at radius 2 is 2.00 bits per heavy atom. The van der Waals surface area contributed by atoms with Gasteiger partial charge in [0, 0.05) is 13.1 Å². The van der Waals surface area contributed by atoms with Gasteiger partial charge in [0.05, 0.1) is 24.6 Å². The highest BCUT2D eigenvalue weighted by Gasteiger charge is 2.36. The lowest BCUT2D eigenvalue weighted by Crippen LogP contribution is -2.53. The number of anilines is 2. The molecule has 1 saturated heterocycles. The molecule has 0 amide bonds. The molecule has 19 heavy (non-hydrogen) atoms. The van der Waals surface area contributed by atoms with Crippen molar-refractivity contribution in [2.75, 3.05) is 37.0 Å². The van der Waals surface area contributed by atoms with Crippen LogP contribution in [0.25, 0.3) is 0 Å². The minimum absolute atomic E-state index is 0.133. The lowest BCUT2D eigenvalue weighted by atomic mass is 10.2. The summed E-state index contributed by atoms with van der Waals surface area (Å²) in [6.07, 6.45) is 0.133. The van der Waals surface area contributed by atoms with Gasteiger partial charge in [0.1, 0.15) is 12.2 Å². The molecule has 0 spiro atoms. The van der Waals surface area contributed by atoms with Crippen molar-refractivity contribution < 1.29 is 4.74 Å². The summed E-state index contributed by atoms with van der Waals surface area (Å²) in [5.74, 6) is 0. The SMILES string of the molecule is CC1N=NN(c2ccccc2N)C1N1CCOCC1. The fourth-order valence-corrected chi connectivity index (χ4v) is 2.64. The second kappa shape index (κ2) is 5.14. The summed E-state index contributed by atoms with van der Waals surface area (Å²) in [4.78, 5) is 2.36. The number of ether oxygens (including phenoxy) is 1. The highest BCUT2D eigenvalue weighted by Crippen LogP contribution is 2.32. The number of para-hydroxylation sites is 2. The fourth-order valence-electron chi connectivity index (χ4n) is 2.64. The van der Waals surface area contributed by atoms with Gasteiger partial charge in [-0.15, -0.1) is 0 Å². The molecule has 6 nitrogen and oxygen atoms in total. The van der Waals surface area contributed by atoms with E-state index in [0.717, 1.165) is 37.7 Å². The first-order valence-electron chi connectivity index (χ1n) is 6.63. The Kier molecular flexibility index (Phi) is 3.35. The van der Waals surface area contributed by atoms with E-state index in [4.69, 9.17) is 10.5 Å². The van der Waals surface area contributed by atoms with E-state index in [1.165, 1.54) is 0 Å². The van der Waals surface area contributed by atoms with Gasteiger partial charge in [0.25, 0.3) is 0 Å². The third kappa shape index (κ3) is 2.29. The molecule has 1 aromatic carbocycles. The molecule has 2 heterocycles. The Hall–Kier alpha value is -1.66. The van der Waals surface area contributed by atoms with E-state index in [2.05, 4.69) is 22.2 Å². The first-order valence-corrected chi connectivity index (χ1v) is 6.63. The van der Waals surface area contributed by atoms with Crippen LogP contribution in [0.2, 0.25) is 0 Å². The van der Waals surface area contributed by atoms with E-state index in [1.54, 1.807) is 0 Å². The Labute approximate surface area is 112 Å². The van der Waals surface area contributed by atoms with Crippen molar-refractivity contribution in [3.05, 3.63) is 24.3 Å². The maximum absolute atomic E-state index is 6.05. The molecule has 0 saturated carbocycles. The molecule has 0 aliphatic carbocycles. The van der Waals surface area contributed by atoms with E-state index in [1.807, 2.05) is 29.3 Å². The third-order valence-corrected chi connectivity index (χ3v) is 3.62.